The molecule has 2 atom stereocenters. The van der Waals surface area contributed by atoms with Gasteiger partial charge in [-0.2, -0.15) is 13.2 Å². The molecule has 186 valence electrons. The largest absolute Gasteiger partial charge is 0.416 e. The molecule has 1 aromatic carbocycles. The molecule has 4 rings (SSSR count). The zero-order chi connectivity index (χ0) is 24.8. The van der Waals surface area contributed by atoms with Gasteiger partial charge >= 0.3 is 6.18 Å². The summed E-state index contributed by atoms with van der Waals surface area (Å²) in [7, 11) is 0. The number of fused-ring (bicyclic) bond motifs is 1. The molecule has 0 spiro atoms. The third-order valence-electron chi connectivity index (χ3n) is 7.49. The van der Waals surface area contributed by atoms with E-state index in [4.69, 9.17) is 4.98 Å². The molecule has 34 heavy (non-hydrogen) atoms. The van der Waals surface area contributed by atoms with Crippen molar-refractivity contribution in [2.24, 2.45) is 5.41 Å². The molecule has 2 nitrogen and oxygen atoms in total. The van der Waals surface area contributed by atoms with Crippen LogP contribution in [0.5, 0.6) is 0 Å². The van der Waals surface area contributed by atoms with Crippen LogP contribution in [0.3, 0.4) is 0 Å². The summed E-state index contributed by atoms with van der Waals surface area (Å²) in [6.45, 7) is 8.19. The van der Waals surface area contributed by atoms with Crippen LogP contribution in [-0.2, 0) is 12.6 Å². The third kappa shape index (κ3) is 4.89. The Labute approximate surface area is 199 Å². The van der Waals surface area contributed by atoms with Crippen molar-refractivity contribution in [2.75, 3.05) is 0 Å². The van der Waals surface area contributed by atoms with Crippen molar-refractivity contribution in [3.05, 3.63) is 63.5 Å². The van der Waals surface area contributed by atoms with Crippen molar-refractivity contribution in [1.82, 2.24) is 4.98 Å². The lowest BCUT2D eigenvalue weighted by molar-refractivity contribution is -0.137. The molecule has 2 aromatic rings. The van der Waals surface area contributed by atoms with Gasteiger partial charge in [-0.3, -0.25) is 4.98 Å². The summed E-state index contributed by atoms with van der Waals surface area (Å²) in [4.78, 5) is 4.94. The van der Waals surface area contributed by atoms with Crippen LogP contribution in [0.4, 0.5) is 17.6 Å². The van der Waals surface area contributed by atoms with Gasteiger partial charge in [0.05, 0.1) is 11.7 Å². The molecule has 1 saturated carbocycles. The first-order chi connectivity index (χ1) is 15.9. The predicted octanol–water partition coefficient (Wildman–Crippen LogP) is 8.34. The molecule has 1 heterocycles. The van der Waals surface area contributed by atoms with Crippen LogP contribution >= 0.6 is 0 Å². The lowest BCUT2D eigenvalue weighted by Crippen LogP contribution is -2.30. The molecule has 1 fully saturated rings. The highest BCUT2D eigenvalue weighted by Crippen LogP contribution is 2.50. The van der Waals surface area contributed by atoms with E-state index >= 15 is 4.39 Å². The molecule has 1 aromatic heterocycles. The monoisotopic (exact) mass is 477 g/mol. The van der Waals surface area contributed by atoms with Gasteiger partial charge in [-0.05, 0) is 66.2 Å². The first-order valence-corrected chi connectivity index (χ1v) is 12.4. The van der Waals surface area contributed by atoms with Crippen molar-refractivity contribution in [1.29, 1.82) is 0 Å². The number of nitrogens with zero attached hydrogens (tertiary/aromatic N) is 1. The van der Waals surface area contributed by atoms with Gasteiger partial charge in [0.15, 0.2) is 6.17 Å². The molecule has 0 bridgehead atoms. The second-order valence-electron chi connectivity index (χ2n) is 11.2. The van der Waals surface area contributed by atoms with E-state index in [2.05, 4.69) is 13.8 Å². The molecule has 6 heteroatoms. The minimum Gasteiger partial charge on any atom is -0.388 e. The molecule has 0 aliphatic heterocycles. The summed E-state index contributed by atoms with van der Waals surface area (Å²) in [6.07, 6.45) is -0.384. The van der Waals surface area contributed by atoms with Crippen LogP contribution in [0.25, 0.3) is 0 Å². The number of aromatic nitrogens is 1. The van der Waals surface area contributed by atoms with Crippen LogP contribution in [0, 0.1) is 5.41 Å². The van der Waals surface area contributed by atoms with Crippen LogP contribution in [0.1, 0.15) is 130 Å². The number of aliphatic hydroxyl groups excluding tert-OH is 1. The van der Waals surface area contributed by atoms with Crippen LogP contribution in [0.15, 0.2) is 24.3 Å². The Morgan fingerprint density at radius 1 is 1.00 bits per heavy atom. The SMILES string of the molecule is CC(C)c1nc2c(c(C3CCCCC3)c1C(F)c1ccc(C(F)(F)F)cc1)[C@@H](O)CC(C)(C)C2. The van der Waals surface area contributed by atoms with Crippen molar-refractivity contribution < 1.29 is 22.7 Å². The maximum Gasteiger partial charge on any atom is 0.416 e. The fourth-order valence-corrected chi connectivity index (χ4v) is 5.91. The first-order valence-electron chi connectivity index (χ1n) is 12.4. The summed E-state index contributed by atoms with van der Waals surface area (Å²) < 4.78 is 55.6. The number of pyridine rings is 1. The summed E-state index contributed by atoms with van der Waals surface area (Å²) >= 11 is 0. The third-order valence-corrected chi connectivity index (χ3v) is 7.49. The van der Waals surface area contributed by atoms with Gasteiger partial charge in [-0.25, -0.2) is 4.39 Å². The van der Waals surface area contributed by atoms with Crippen LogP contribution < -0.4 is 0 Å². The van der Waals surface area contributed by atoms with Gasteiger partial charge in [0, 0.05) is 22.5 Å². The average molecular weight is 478 g/mol. The van der Waals surface area contributed by atoms with E-state index in [-0.39, 0.29) is 22.8 Å². The lowest BCUT2D eigenvalue weighted by Gasteiger charge is -2.39. The molecule has 1 N–H and O–H groups in total. The van der Waals surface area contributed by atoms with E-state index in [9.17, 15) is 18.3 Å². The zero-order valence-electron chi connectivity index (χ0n) is 20.5. The molecule has 2 aliphatic rings. The minimum absolute atomic E-state index is 0.0579. The van der Waals surface area contributed by atoms with E-state index < -0.39 is 24.0 Å². The van der Waals surface area contributed by atoms with Crippen molar-refractivity contribution in [3.8, 4) is 0 Å². The summed E-state index contributed by atoms with van der Waals surface area (Å²) in [5, 5.41) is 11.3. The Balaban J connectivity index is 1.92. The van der Waals surface area contributed by atoms with Gasteiger partial charge in [-0.15, -0.1) is 0 Å². The first kappa shape index (κ1) is 25.2. The van der Waals surface area contributed by atoms with Crippen LogP contribution in [-0.4, -0.2) is 10.1 Å². The quantitative estimate of drug-likeness (QED) is 0.449. The summed E-state index contributed by atoms with van der Waals surface area (Å²) in [6, 6.07) is 4.36. The zero-order valence-corrected chi connectivity index (χ0v) is 20.5. The fourth-order valence-electron chi connectivity index (χ4n) is 5.91. The number of benzene rings is 1. The molecule has 2 aliphatic carbocycles. The minimum atomic E-state index is -4.47. The smallest absolute Gasteiger partial charge is 0.388 e. The van der Waals surface area contributed by atoms with Crippen LogP contribution in [0.2, 0.25) is 0 Å². The van der Waals surface area contributed by atoms with E-state index in [0.29, 0.717) is 17.7 Å². The predicted molar refractivity (Wildman–Crippen MR) is 126 cm³/mol. The van der Waals surface area contributed by atoms with E-state index in [1.165, 1.54) is 12.1 Å². The Morgan fingerprint density at radius 2 is 1.62 bits per heavy atom. The topological polar surface area (TPSA) is 33.1 Å². The highest BCUT2D eigenvalue weighted by Gasteiger charge is 2.40. The number of aliphatic hydroxyl groups is 1. The van der Waals surface area contributed by atoms with Gasteiger partial charge in [0.25, 0.3) is 0 Å². The van der Waals surface area contributed by atoms with E-state index in [1.807, 2.05) is 13.8 Å². The second kappa shape index (κ2) is 9.25. The number of alkyl halides is 4. The molecule has 0 radical (unpaired) electrons. The van der Waals surface area contributed by atoms with Crippen molar-refractivity contribution in [3.63, 3.8) is 0 Å². The van der Waals surface area contributed by atoms with Crippen molar-refractivity contribution >= 4 is 0 Å². The van der Waals surface area contributed by atoms with E-state index in [1.54, 1.807) is 0 Å². The number of hydrogen-bond donors (Lipinski definition) is 1. The Kier molecular flexibility index (Phi) is 6.84. The van der Waals surface area contributed by atoms with Gasteiger partial charge < -0.3 is 5.11 Å². The fraction of sp³-hybridized carbons (Fsp3) is 0.607. The standard InChI is InChI=1S/C28H35F4NO/c1-16(2)26-24(25(29)18-10-12-19(13-11-18)28(30,31)32)22(17-8-6-5-7-9-17)23-20(33-26)14-27(3,4)15-21(23)34/h10-13,16-17,21,25,34H,5-9,14-15H2,1-4H3/t21-,25?/m0/s1. The average Bonchev–Trinajstić information content (AvgIpc) is 2.76. The lowest BCUT2D eigenvalue weighted by atomic mass is 9.69. The molecular weight excluding hydrogens is 442 g/mol. The maximum absolute atomic E-state index is 16.4. The number of halogens is 4. The highest BCUT2D eigenvalue weighted by molar-refractivity contribution is 5.50. The molecule has 0 saturated heterocycles. The van der Waals surface area contributed by atoms with Crippen molar-refractivity contribution in [2.45, 2.75) is 103 Å². The molecule has 0 amide bonds. The molecular formula is C28H35F4NO. The second-order valence-corrected chi connectivity index (χ2v) is 11.2. The van der Waals surface area contributed by atoms with E-state index in [0.717, 1.165) is 67.5 Å². The maximum atomic E-state index is 16.4. The van der Waals surface area contributed by atoms with Gasteiger partial charge in [0.2, 0.25) is 0 Å². The Bertz CT molecular complexity index is 1020. The normalized spacial score (nSPS) is 22.0. The summed E-state index contributed by atoms with van der Waals surface area (Å²) in [5.41, 5.74) is 2.94. The highest BCUT2D eigenvalue weighted by atomic mass is 19.4. The Morgan fingerprint density at radius 3 is 2.18 bits per heavy atom. The van der Waals surface area contributed by atoms with Gasteiger partial charge in [-0.1, -0.05) is 59.1 Å². The molecule has 1 unspecified atom stereocenters. The summed E-state index contributed by atoms with van der Waals surface area (Å²) in [5.74, 6) is 0.0686. The van der Waals surface area contributed by atoms with Gasteiger partial charge in [0.1, 0.15) is 0 Å². The number of rotatable bonds is 4. The number of hydrogen-bond acceptors (Lipinski definition) is 2. The Hall–Kier alpha value is -1.95.